The molecule has 1 rings (SSSR count). The summed E-state index contributed by atoms with van der Waals surface area (Å²) in [4.78, 5) is 24.6. The summed E-state index contributed by atoms with van der Waals surface area (Å²) < 4.78 is 0.354. The highest BCUT2D eigenvalue weighted by Crippen LogP contribution is 2.24. The molecule has 15 heavy (non-hydrogen) atoms. The molecule has 4 nitrogen and oxygen atoms in total. The Hall–Kier alpha value is -1.10. The average Bonchev–Trinajstić information content (AvgIpc) is 2.10. The van der Waals surface area contributed by atoms with Gasteiger partial charge >= 0.3 is 5.97 Å². The second kappa shape index (κ2) is 4.61. The molecule has 0 bridgehead atoms. The molecule has 0 aromatic carbocycles. The van der Waals surface area contributed by atoms with E-state index in [-0.39, 0.29) is 11.5 Å². The predicted molar refractivity (Wildman–Crippen MR) is 60.0 cm³/mol. The van der Waals surface area contributed by atoms with Crippen LogP contribution >= 0.6 is 15.9 Å². The third-order valence-electron chi connectivity index (χ3n) is 2.17. The van der Waals surface area contributed by atoms with Gasteiger partial charge in [-0.1, -0.05) is 13.8 Å². The first-order chi connectivity index (χ1) is 6.93. The van der Waals surface area contributed by atoms with Gasteiger partial charge < -0.3 is 10.1 Å². The lowest BCUT2D eigenvalue weighted by atomic mass is 9.90. The highest BCUT2D eigenvalue weighted by molar-refractivity contribution is 9.10. The minimum atomic E-state index is -0.885. The van der Waals surface area contributed by atoms with Crippen LogP contribution in [-0.2, 0) is 4.79 Å². The van der Waals surface area contributed by atoms with Gasteiger partial charge in [-0.3, -0.25) is 9.59 Å². The van der Waals surface area contributed by atoms with E-state index in [0.717, 1.165) is 0 Å². The van der Waals surface area contributed by atoms with Gasteiger partial charge in [-0.15, -0.1) is 0 Å². The summed E-state index contributed by atoms with van der Waals surface area (Å²) in [5, 5.41) is 9.05. The Morgan fingerprint density at radius 3 is 2.53 bits per heavy atom. The van der Waals surface area contributed by atoms with Crippen LogP contribution in [0.1, 0.15) is 25.3 Å². The maximum absolute atomic E-state index is 11.1. The summed E-state index contributed by atoms with van der Waals surface area (Å²) in [7, 11) is 0. The van der Waals surface area contributed by atoms with E-state index in [0.29, 0.717) is 10.0 Å². The van der Waals surface area contributed by atoms with Gasteiger partial charge in [-0.05, 0) is 33.5 Å². The third-order valence-corrected chi connectivity index (χ3v) is 2.76. The Balaban J connectivity index is 3.18. The van der Waals surface area contributed by atoms with Crippen LogP contribution in [0.4, 0.5) is 0 Å². The molecule has 0 fully saturated rings. The number of hydrogen-bond donors (Lipinski definition) is 2. The molecule has 0 spiro atoms. The molecular formula is C10H12BrNO3. The zero-order valence-electron chi connectivity index (χ0n) is 8.45. The lowest BCUT2D eigenvalue weighted by Crippen LogP contribution is -2.19. The van der Waals surface area contributed by atoms with Crippen LogP contribution in [-0.4, -0.2) is 16.1 Å². The molecule has 1 unspecified atom stereocenters. The number of aromatic nitrogens is 1. The van der Waals surface area contributed by atoms with Crippen LogP contribution in [0, 0.1) is 5.92 Å². The third kappa shape index (κ3) is 2.68. The number of hydrogen-bond acceptors (Lipinski definition) is 2. The van der Waals surface area contributed by atoms with Gasteiger partial charge in [0.2, 0.25) is 0 Å². The average molecular weight is 274 g/mol. The second-order valence-corrected chi connectivity index (χ2v) is 4.52. The number of rotatable bonds is 3. The van der Waals surface area contributed by atoms with Crippen molar-refractivity contribution in [3.05, 3.63) is 32.7 Å². The van der Waals surface area contributed by atoms with Crippen molar-refractivity contribution in [3.63, 3.8) is 0 Å². The van der Waals surface area contributed by atoms with Crippen LogP contribution in [0.25, 0.3) is 0 Å². The van der Waals surface area contributed by atoms with Gasteiger partial charge in [-0.2, -0.15) is 0 Å². The zero-order valence-corrected chi connectivity index (χ0v) is 10.0. The van der Waals surface area contributed by atoms with Crippen LogP contribution in [0.15, 0.2) is 21.5 Å². The van der Waals surface area contributed by atoms with Gasteiger partial charge in [0.25, 0.3) is 5.56 Å². The van der Waals surface area contributed by atoms with Crippen LogP contribution in [0.2, 0.25) is 0 Å². The molecule has 1 heterocycles. The molecule has 5 heteroatoms. The lowest BCUT2D eigenvalue weighted by molar-refractivity contribution is -0.139. The normalized spacial score (nSPS) is 12.8. The fourth-order valence-corrected chi connectivity index (χ4v) is 1.84. The van der Waals surface area contributed by atoms with Crippen LogP contribution in [0.3, 0.4) is 0 Å². The van der Waals surface area contributed by atoms with Gasteiger partial charge in [0.1, 0.15) is 0 Å². The molecule has 1 aromatic rings. The van der Waals surface area contributed by atoms with Crippen molar-refractivity contribution in [2.75, 3.05) is 0 Å². The van der Waals surface area contributed by atoms with E-state index in [2.05, 4.69) is 20.9 Å². The topological polar surface area (TPSA) is 70.2 Å². The Kier molecular flexibility index (Phi) is 3.68. The Labute approximate surface area is 95.5 Å². The first kappa shape index (κ1) is 12.0. The van der Waals surface area contributed by atoms with E-state index in [4.69, 9.17) is 5.11 Å². The minimum Gasteiger partial charge on any atom is -0.481 e. The number of pyridine rings is 1. The highest BCUT2D eigenvalue weighted by atomic mass is 79.9. The molecule has 1 aromatic heterocycles. The molecule has 0 saturated heterocycles. The van der Waals surface area contributed by atoms with E-state index >= 15 is 0 Å². The van der Waals surface area contributed by atoms with E-state index in [9.17, 15) is 9.59 Å². The molecule has 2 N–H and O–H groups in total. The van der Waals surface area contributed by atoms with E-state index in [1.54, 1.807) is 6.07 Å². The summed E-state index contributed by atoms with van der Waals surface area (Å²) >= 11 is 3.08. The summed E-state index contributed by atoms with van der Waals surface area (Å²) in [6, 6.07) is 1.55. The maximum atomic E-state index is 11.1. The Bertz CT molecular complexity index is 425. The smallest absolute Gasteiger partial charge is 0.311 e. The zero-order chi connectivity index (χ0) is 11.6. The van der Waals surface area contributed by atoms with Gasteiger partial charge in [0.15, 0.2) is 0 Å². The fourth-order valence-electron chi connectivity index (χ4n) is 1.46. The fraction of sp³-hybridized carbons (Fsp3) is 0.400. The quantitative estimate of drug-likeness (QED) is 0.885. The first-order valence-electron chi connectivity index (χ1n) is 4.54. The number of H-pyrrole nitrogens is 1. The lowest BCUT2D eigenvalue weighted by Gasteiger charge is -2.16. The summed E-state index contributed by atoms with van der Waals surface area (Å²) in [6.45, 7) is 3.66. The standard InChI is InChI=1S/C10H12BrNO3/c1-5(2)8(10(14)15)6-3-7(11)9(13)12-4-6/h3-5,8H,1-2H3,(H,12,13)(H,14,15). The van der Waals surface area contributed by atoms with E-state index in [1.807, 2.05) is 13.8 Å². The first-order valence-corrected chi connectivity index (χ1v) is 5.33. The van der Waals surface area contributed by atoms with Gasteiger partial charge in [0, 0.05) is 6.20 Å². The van der Waals surface area contributed by atoms with Crippen molar-refractivity contribution in [2.45, 2.75) is 19.8 Å². The largest absolute Gasteiger partial charge is 0.481 e. The van der Waals surface area contributed by atoms with Crippen molar-refractivity contribution in [2.24, 2.45) is 5.92 Å². The number of nitrogens with one attached hydrogen (secondary N) is 1. The van der Waals surface area contributed by atoms with Crippen molar-refractivity contribution in [1.29, 1.82) is 0 Å². The molecule has 0 radical (unpaired) electrons. The SMILES string of the molecule is CC(C)C(C(=O)O)c1c[nH]c(=O)c(Br)c1. The second-order valence-electron chi connectivity index (χ2n) is 3.67. The molecule has 0 amide bonds. The predicted octanol–water partition coefficient (Wildman–Crippen LogP) is 1.96. The number of halogens is 1. The summed E-state index contributed by atoms with van der Waals surface area (Å²) in [5.41, 5.74) is 0.343. The van der Waals surface area contributed by atoms with Crippen molar-refractivity contribution < 1.29 is 9.90 Å². The summed E-state index contributed by atoms with van der Waals surface area (Å²) in [6.07, 6.45) is 1.45. The molecule has 0 saturated carbocycles. The monoisotopic (exact) mass is 273 g/mol. The Morgan fingerprint density at radius 2 is 2.13 bits per heavy atom. The number of aliphatic carboxylic acids is 1. The number of aromatic amines is 1. The van der Waals surface area contributed by atoms with Crippen LogP contribution in [0.5, 0.6) is 0 Å². The van der Waals surface area contributed by atoms with E-state index in [1.165, 1.54) is 6.20 Å². The molecule has 0 aliphatic rings. The maximum Gasteiger partial charge on any atom is 0.311 e. The van der Waals surface area contributed by atoms with Crippen molar-refractivity contribution in [3.8, 4) is 0 Å². The Morgan fingerprint density at radius 1 is 1.53 bits per heavy atom. The van der Waals surface area contributed by atoms with Crippen molar-refractivity contribution >= 4 is 21.9 Å². The van der Waals surface area contributed by atoms with E-state index < -0.39 is 11.9 Å². The highest BCUT2D eigenvalue weighted by Gasteiger charge is 2.24. The molecule has 0 aliphatic heterocycles. The van der Waals surface area contributed by atoms with Crippen LogP contribution < -0.4 is 5.56 Å². The number of carboxylic acid groups (broad SMARTS) is 1. The molecule has 82 valence electrons. The minimum absolute atomic E-state index is 0.0275. The number of carbonyl (C=O) groups is 1. The van der Waals surface area contributed by atoms with Crippen molar-refractivity contribution in [1.82, 2.24) is 4.98 Å². The molecule has 0 aliphatic carbocycles. The number of carboxylic acids is 1. The molecule has 1 atom stereocenters. The summed E-state index contributed by atoms with van der Waals surface area (Å²) in [5.74, 6) is -1.51. The van der Waals surface area contributed by atoms with Gasteiger partial charge in [0.05, 0.1) is 10.4 Å². The van der Waals surface area contributed by atoms with Gasteiger partial charge in [-0.25, -0.2) is 0 Å². The molecular weight excluding hydrogens is 262 g/mol.